The highest BCUT2D eigenvalue weighted by Gasteiger charge is 2.56. The van der Waals surface area contributed by atoms with Gasteiger partial charge in [-0.15, -0.1) is 0 Å². The highest BCUT2D eigenvalue weighted by Crippen LogP contribution is 2.57. The number of benzene rings is 2. The van der Waals surface area contributed by atoms with Gasteiger partial charge in [-0.05, 0) is 53.7 Å². The van der Waals surface area contributed by atoms with Gasteiger partial charge < -0.3 is 24.8 Å². The number of allylic oxidation sites excluding steroid dienone is 4. The number of hydrogen-bond acceptors (Lipinski definition) is 8. The molecule has 2 aromatic carbocycles. The molecule has 0 saturated carbocycles. The molecule has 1 aliphatic heterocycles. The van der Waals surface area contributed by atoms with Crippen LogP contribution in [0.4, 0.5) is 0 Å². The van der Waals surface area contributed by atoms with Crippen LogP contribution in [0.15, 0.2) is 47.4 Å². The molecule has 0 spiro atoms. The Kier molecular flexibility index (Phi) is 6.13. The molecule has 0 saturated heterocycles. The summed E-state index contributed by atoms with van der Waals surface area (Å²) in [5.74, 6) is -1.55. The van der Waals surface area contributed by atoms with Crippen LogP contribution in [0.1, 0.15) is 68.0 Å². The second-order valence-corrected chi connectivity index (χ2v) is 10.5. The smallest absolute Gasteiger partial charge is 0.194 e. The lowest BCUT2D eigenvalue weighted by atomic mass is 9.70. The zero-order valence-corrected chi connectivity index (χ0v) is 22.8. The van der Waals surface area contributed by atoms with E-state index in [0.29, 0.717) is 18.7 Å². The van der Waals surface area contributed by atoms with E-state index in [9.17, 15) is 24.6 Å². The van der Waals surface area contributed by atoms with E-state index in [0.717, 1.165) is 16.9 Å². The summed E-state index contributed by atoms with van der Waals surface area (Å²) in [6.07, 6.45) is 1.78. The lowest BCUT2D eigenvalue weighted by Crippen LogP contribution is -2.41. The van der Waals surface area contributed by atoms with Crippen LogP contribution in [0, 0.1) is 6.92 Å². The van der Waals surface area contributed by atoms with Crippen molar-refractivity contribution in [2.75, 3.05) is 6.54 Å². The van der Waals surface area contributed by atoms with Crippen LogP contribution in [0.25, 0.3) is 11.0 Å². The molecule has 1 aliphatic carbocycles. The number of hydrogen-bond donors (Lipinski definition) is 3. The van der Waals surface area contributed by atoms with E-state index in [1.54, 1.807) is 13.8 Å². The summed E-state index contributed by atoms with van der Waals surface area (Å²) >= 11 is 0. The zero-order chi connectivity index (χ0) is 28.4. The number of nitrogens with one attached hydrogen (secondary N) is 1. The largest absolute Gasteiger partial charge is 0.507 e. The van der Waals surface area contributed by atoms with Gasteiger partial charge in [-0.25, -0.2) is 4.98 Å². The molecule has 2 aliphatic rings. The summed E-state index contributed by atoms with van der Waals surface area (Å²) < 4.78 is 7.99. The standard InChI is InChI=1S/C30H31N3O6/c1-14(2)33-19-10-8-7-9-18(19)32-22(33)11-12-31-16(4)23-20(35)13-21-30(6,29(23)38)25-27(37)15(3)26(36)24(17(5)34)28(25)39-21/h7-10,13-14,31,36-37H,11-12H2,1-6H3/b23-16+/t30-/m0/s1. The minimum absolute atomic E-state index is 0.0116. The van der Waals surface area contributed by atoms with E-state index in [-0.39, 0.29) is 45.6 Å². The van der Waals surface area contributed by atoms with E-state index in [1.807, 2.05) is 24.3 Å². The van der Waals surface area contributed by atoms with Gasteiger partial charge in [0.25, 0.3) is 0 Å². The van der Waals surface area contributed by atoms with Gasteiger partial charge in [-0.2, -0.15) is 0 Å². The molecule has 9 heteroatoms. The third kappa shape index (κ3) is 3.75. The molecule has 202 valence electrons. The fraction of sp³-hybridized carbons (Fsp3) is 0.333. The second-order valence-electron chi connectivity index (χ2n) is 10.5. The Morgan fingerprint density at radius 2 is 1.85 bits per heavy atom. The van der Waals surface area contributed by atoms with Crippen LogP contribution in [0.2, 0.25) is 0 Å². The molecule has 0 radical (unpaired) electrons. The van der Waals surface area contributed by atoms with Crippen molar-refractivity contribution in [3.63, 3.8) is 0 Å². The maximum Gasteiger partial charge on any atom is 0.194 e. The predicted molar refractivity (Wildman–Crippen MR) is 145 cm³/mol. The molecule has 39 heavy (non-hydrogen) atoms. The number of carbonyl (C=O) groups excluding carboxylic acids is 3. The van der Waals surface area contributed by atoms with Gasteiger partial charge in [0.2, 0.25) is 0 Å². The second kappa shape index (κ2) is 9.11. The van der Waals surface area contributed by atoms with Gasteiger partial charge in [0.1, 0.15) is 39.8 Å². The number of rotatable bonds is 6. The van der Waals surface area contributed by atoms with Gasteiger partial charge in [-0.3, -0.25) is 14.4 Å². The lowest BCUT2D eigenvalue weighted by Gasteiger charge is -2.29. The Morgan fingerprint density at radius 3 is 2.51 bits per heavy atom. The number of Topliss-reactive ketones (excluding diaryl/α,β-unsaturated/α-hetero) is 2. The number of phenolic OH excluding ortho intramolecular Hbond substituents is 2. The molecular weight excluding hydrogens is 498 g/mol. The SMILES string of the molecule is CC(=O)c1c(O)c(C)c(O)c2c1OC1=CC(=O)/C(=C(/C)NCCc3nc4ccccc4n3C(C)C)C(=O)[C@@]12C. The third-order valence-corrected chi connectivity index (χ3v) is 7.68. The van der Waals surface area contributed by atoms with E-state index in [2.05, 4.69) is 23.7 Å². The topological polar surface area (TPSA) is 131 Å². The third-order valence-electron chi connectivity index (χ3n) is 7.68. The number of phenols is 2. The molecular formula is C30H31N3O6. The summed E-state index contributed by atoms with van der Waals surface area (Å²) in [4.78, 5) is 44.2. The Labute approximate surface area is 225 Å². The molecule has 0 unspecified atom stereocenters. The highest BCUT2D eigenvalue weighted by atomic mass is 16.5. The summed E-state index contributed by atoms with van der Waals surface area (Å²) in [7, 11) is 0. The number of ketones is 3. The van der Waals surface area contributed by atoms with Crippen LogP contribution in [-0.4, -0.2) is 43.7 Å². The maximum atomic E-state index is 14.0. The molecule has 0 amide bonds. The van der Waals surface area contributed by atoms with Crippen molar-refractivity contribution < 1.29 is 29.3 Å². The fourth-order valence-corrected chi connectivity index (χ4v) is 5.66. The van der Waals surface area contributed by atoms with E-state index >= 15 is 0 Å². The Hall–Kier alpha value is -4.40. The first-order valence-electron chi connectivity index (χ1n) is 12.9. The first-order valence-corrected chi connectivity index (χ1v) is 12.9. The molecule has 1 aromatic heterocycles. The monoisotopic (exact) mass is 529 g/mol. The van der Waals surface area contributed by atoms with Crippen molar-refractivity contribution in [2.45, 2.75) is 59.4 Å². The number of aromatic nitrogens is 2. The molecule has 9 nitrogen and oxygen atoms in total. The number of ether oxygens (including phenoxy) is 1. The van der Waals surface area contributed by atoms with Crippen molar-refractivity contribution in [1.29, 1.82) is 0 Å². The van der Waals surface area contributed by atoms with Gasteiger partial charge in [0.05, 0.1) is 22.2 Å². The van der Waals surface area contributed by atoms with Crippen molar-refractivity contribution in [2.24, 2.45) is 0 Å². The average molecular weight is 530 g/mol. The van der Waals surface area contributed by atoms with E-state index < -0.39 is 28.5 Å². The van der Waals surface area contributed by atoms with Crippen molar-refractivity contribution in [1.82, 2.24) is 14.9 Å². The molecule has 3 N–H and O–H groups in total. The molecule has 1 atom stereocenters. The zero-order valence-electron chi connectivity index (χ0n) is 22.8. The summed E-state index contributed by atoms with van der Waals surface area (Å²) in [5.41, 5.74) is 0.752. The molecule has 3 aromatic rings. The summed E-state index contributed by atoms with van der Waals surface area (Å²) in [6, 6.07) is 8.14. The quantitative estimate of drug-likeness (QED) is 0.244. The first kappa shape index (κ1) is 26.2. The normalized spacial score (nSPS) is 19.6. The van der Waals surface area contributed by atoms with Crippen LogP contribution < -0.4 is 10.1 Å². The van der Waals surface area contributed by atoms with E-state index in [4.69, 9.17) is 9.72 Å². The van der Waals surface area contributed by atoms with Gasteiger partial charge in [0.15, 0.2) is 17.3 Å². The lowest BCUT2D eigenvalue weighted by molar-refractivity contribution is -0.123. The number of carbonyl (C=O) groups is 3. The van der Waals surface area contributed by atoms with Gasteiger partial charge in [0, 0.05) is 36.3 Å². The molecule has 0 fully saturated rings. The number of fused-ring (bicyclic) bond motifs is 4. The van der Waals surface area contributed by atoms with Crippen molar-refractivity contribution in [3.8, 4) is 17.2 Å². The van der Waals surface area contributed by atoms with E-state index in [1.165, 1.54) is 19.9 Å². The maximum absolute atomic E-state index is 14.0. The summed E-state index contributed by atoms with van der Waals surface area (Å²) in [6.45, 7) is 10.5. The number of imidazole rings is 1. The van der Waals surface area contributed by atoms with Crippen LogP contribution >= 0.6 is 0 Å². The van der Waals surface area contributed by atoms with Crippen molar-refractivity contribution >= 4 is 28.4 Å². The van der Waals surface area contributed by atoms with Crippen molar-refractivity contribution in [3.05, 3.63) is 69.9 Å². The average Bonchev–Trinajstić information content (AvgIpc) is 3.38. The number of aromatic hydroxyl groups is 2. The van der Waals surface area contributed by atoms with Gasteiger partial charge >= 0.3 is 0 Å². The predicted octanol–water partition coefficient (Wildman–Crippen LogP) is 4.33. The minimum atomic E-state index is -1.54. The highest BCUT2D eigenvalue weighted by molar-refractivity contribution is 6.31. The van der Waals surface area contributed by atoms with Gasteiger partial charge in [-0.1, -0.05) is 12.1 Å². The number of para-hydroxylation sites is 2. The van der Waals surface area contributed by atoms with Crippen LogP contribution in [-0.2, 0) is 21.4 Å². The molecule has 2 heterocycles. The number of nitrogens with zero attached hydrogens (tertiary/aromatic N) is 2. The van der Waals surface area contributed by atoms with Crippen LogP contribution in [0.3, 0.4) is 0 Å². The Balaban J connectivity index is 1.49. The summed E-state index contributed by atoms with van der Waals surface area (Å²) in [5, 5.41) is 24.7. The fourth-order valence-electron chi connectivity index (χ4n) is 5.66. The Morgan fingerprint density at radius 1 is 1.15 bits per heavy atom. The molecule has 0 bridgehead atoms. The first-order chi connectivity index (χ1) is 18.4. The molecule has 5 rings (SSSR count). The minimum Gasteiger partial charge on any atom is -0.507 e. The Bertz CT molecular complexity index is 1660. The van der Waals surface area contributed by atoms with Crippen LogP contribution in [0.5, 0.6) is 17.2 Å².